The van der Waals surface area contributed by atoms with Gasteiger partial charge in [-0.15, -0.1) is 13.2 Å². The zero-order chi connectivity index (χ0) is 13.4. The molecule has 1 aromatic carbocycles. The second kappa shape index (κ2) is 7.72. The standard InChI is InChI=1S/C16H22O2/c1-5-9-14-11-8-12-15(10-6-2)16(14)18-13(4)17-7-3/h5-6,8,11-13H,1-2,7,9-10H2,3-4H3. The second-order valence-corrected chi connectivity index (χ2v) is 4.03. The monoisotopic (exact) mass is 246 g/mol. The van der Waals surface area contributed by atoms with E-state index in [-0.39, 0.29) is 6.29 Å². The van der Waals surface area contributed by atoms with Crippen LogP contribution in [0.5, 0.6) is 5.75 Å². The highest BCUT2D eigenvalue weighted by Crippen LogP contribution is 2.27. The van der Waals surface area contributed by atoms with Crippen molar-refractivity contribution in [2.45, 2.75) is 33.0 Å². The Kier molecular flexibility index (Phi) is 6.23. The molecule has 0 spiro atoms. The third kappa shape index (κ3) is 4.04. The maximum atomic E-state index is 5.90. The van der Waals surface area contributed by atoms with Crippen molar-refractivity contribution >= 4 is 0 Å². The normalized spacial score (nSPS) is 11.9. The summed E-state index contributed by atoms with van der Waals surface area (Å²) < 4.78 is 11.3. The van der Waals surface area contributed by atoms with Crippen LogP contribution in [0, 0.1) is 0 Å². The molecule has 0 N–H and O–H groups in total. The van der Waals surface area contributed by atoms with E-state index in [0.29, 0.717) is 6.61 Å². The number of allylic oxidation sites excluding steroid dienone is 2. The Hall–Kier alpha value is -1.54. The Morgan fingerprint density at radius 2 is 1.72 bits per heavy atom. The molecule has 0 heterocycles. The lowest BCUT2D eigenvalue weighted by atomic mass is 10.0. The number of para-hydroxylation sites is 1. The van der Waals surface area contributed by atoms with E-state index >= 15 is 0 Å². The van der Waals surface area contributed by atoms with Gasteiger partial charge < -0.3 is 9.47 Å². The van der Waals surface area contributed by atoms with E-state index in [2.05, 4.69) is 25.3 Å². The van der Waals surface area contributed by atoms with Crippen molar-refractivity contribution in [1.29, 1.82) is 0 Å². The molecule has 0 aromatic heterocycles. The summed E-state index contributed by atoms with van der Waals surface area (Å²) in [6.07, 6.45) is 5.10. The lowest BCUT2D eigenvalue weighted by molar-refractivity contribution is -0.0621. The fourth-order valence-electron chi connectivity index (χ4n) is 1.86. The van der Waals surface area contributed by atoms with Gasteiger partial charge in [0.1, 0.15) is 5.75 Å². The van der Waals surface area contributed by atoms with Crippen LogP contribution in [0.3, 0.4) is 0 Å². The van der Waals surface area contributed by atoms with Crippen LogP contribution >= 0.6 is 0 Å². The molecule has 0 aliphatic carbocycles. The molecule has 0 saturated heterocycles. The van der Waals surface area contributed by atoms with Gasteiger partial charge in [0, 0.05) is 6.61 Å². The second-order valence-electron chi connectivity index (χ2n) is 4.03. The molecular weight excluding hydrogens is 224 g/mol. The van der Waals surface area contributed by atoms with E-state index in [0.717, 1.165) is 29.7 Å². The first-order valence-electron chi connectivity index (χ1n) is 6.33. The number of hydrogen-bond donors (Lipinski definition) is 0. The van der Waals surface area contributed by atoms with Crippen LogP contribution in [0.25, 0.3) is 0 Å². The number of benzene rings is 1. The average molecular weight is 246 g/mol. The molecule has 0 fully saturated rings. The van der Waals surface area contributed by atoms with Gasteiger partial charge in [-0.25, -0.2) is 0 Å². The molecule has 1 unspecified atom stereocenters. The van der Waals surface area contributed by atoms with Crippen LogP contribution in [0.2, 0.25) is 0 Å². The lowest BCUT2D eigenvalue weighted by Gasteiger charge is -2.19. The van der Waals surface area contributed by atoms with Crippen LogP contribution in [-0.2, 0) is 17.6 Å². The largest absolute Gasteiger partial charge is 0.465 e. The molecule has 1 aromatic rings. The number of ether oxygens (including phenoxy) is 2. The molecule has 0 aliphatic heterocycles. The fraction of sp³-hybridized carbons (Fsp3) is 0.375. The van der Waals surface area contributed by atoms with Gasteiger partial charge in [0.2, 0.25) is 0 Å². The Morgan fingerprint density at radius 1 is 1.17 bits per heavy atom. The zero-order valence-electron chi connectivity index (χ0n) is 11.3. The van der Waals surface area contributed by atoms with E-state index in [9.17, 15) is 0 Å². The Morgan fingerprint density at radius 3 is 2.17 bits per heavy atom. The number of rotatable bonds is 8. The predicted octanol–water partition coefficient (Wildman–Crippen LogP) is 3.90. The maximum Gasteiger partial charge on any atom is 0.196 e. The third-order valence-electron chi connectivity index (χ3n) is 2.59. The van der Waals surface area contributed by atoms with Crippen molar-refractivity contribution in [2.75, 3.05) is 6.61 Å². The summed E-state index contributed by atoms with van der Waals surface area (Å²) in [5.41, 5.74) is 2.27. The highest BCUT2D eigenvalue weighted by atomic mass is 16.7. The van der Waals surface area contributed by atoms with Gasteiger partial charge in [-0.1, -0.05) is 30.4 Å². The van der Waals surface area contributed by atoms with Gasteiger partial charge in [0.05, 0.1) is 0 Å². The van der Waals surface area contributed by atoms with Gasteiger partial charge in [0.15, 0.2) is 6.29 Å². The minimum Gasteiger partial charge on any atom is -0.465 e. The summed E-state index contributed by atoms with van der Waals surface area (Å²) >= 11 is 0. The van der Waals surface area contributed by atoms with E-state index in [1.165, 1.54) is 0 Å². The number of hydrogen-bond acceptors (Lipinski definition) is 2. The molecule has 0 bridgehead atoms. The summed E-state index contributed by atoms with van der Waals surface area (Å²) in [7, 11) is 0. The Labute approximate surface area is 110 Å². The molecule has 0 radical (unpaired) electrons. The van der Waals surface area contributed by atoms with Crippen LogP contribution < -0.4 is 4.74 Å². The average Bonchev–Trinajstić information content (AvgIpc) is 2.34. The van der Waals surface area contributed by atoms with Crippen molar-refractivity contribution in [3.8, 4) is 5.75 Å². The van der Waals surface area contributed by atoms with Gasteiger partial charge in [-0.3, -0.25) is 0 Å². The molecule has 2 heteroatoms. The molecule has 98 valence electrons. The molecule has 1 rings (SSSR count). The maximum absolute atomic E-state index is 5.90. The molecule has 0 aliphatic rings. The summed E-state index contributed by atoms with van der Waals surface area (Å²) in [6.45, 7) is 12.1. The van der Waals surface area contributed by atoms with E-state index in [4.69, 9.17) is 9.47 Å². The van der Waals surface area contributed by atoms with Crippen LogP contribution in [0.4, 0.5) is 0 Å². The summed E-state index contributed by atoms with van der Waals surface area (Å²) in [5.74, 6) is 0.901. The highest BCUT2D eigenvalue weighted by molar-refractivity contribution is 5.43. The minimum absolute atomic E-state index is 0.246. The Bertz CT molecular complexity index is 368. The first-order valence-corrected chi connectivity index (χ1v) is 6.33. The molecule has 1 atom stereocenters. The third-order valence-corrected chi connectivity index (χ3v) is 2.59. The van der Waals surface area contributed by atoms with Gasteiger partial charge in [-0.2, -0.15) is 0 Å². The smallest absolute Gasteiger partial charge is 0.196 e. The highest BCUT2D eigenvalue weighted by Gasteiger charge is 2.11. The van der Waals surface area contributed by atoms with Crippen molar-refractivity contribution < 1.29 is 9.47 Å². The summed E-state index contributed by atoms with van der Waals surface area (Å²) in [5, 5.41) is 0. The van der Waals surface area contributed by atoms with Crippen molar-refractivity contribution in [3.63, 3.8) is 0 Å². The molecule has 18 heavy (non-hydrogen) atoms. The van der Waals surface area contributed by atoms with Crippen molar-refractivity contribution in [1.82, 2.24) is 0 Å². The van der Waals surface area contributed by atoms with E-state index < -0.39 is 0 Å². The van der Waals surface area contributed by atoms with Gasteiger partial charge in [-0.05, 0) is 37.8 Å². The van der Waals surface area contributed by atoms with Gasteiger partial charge in [0.25, 0.3) is 0 Å². The summed E-state index contributed by atoms with van der Waals surface area (Å²) in [6, 6.07) is 6.15. The summed E-state index contributed by atoms with van der Waals surface area (Å²) in [4.78, 5) is 0. The molecule has 0 saturated carbocycles. The van der Waals surface area contributed by atoms with Crippen LogP contribution in [-0.4, -0.2) is 12.9 Å². The molecule has 2 nitrogen and oxygen atoms in total. The van der Waals surface area contributed by atoms with Crippen LogP contribution in [0.1, 0.15) is 25.0 Å². The zero-order valence-corrected chi connectivity index (χ0v) is 11.3. The van der Waals surface area contributed by atoms with Crippen LogP contribution in [0.15, 0.2) is 43.5 Å². The predicted molar refractivity (Wildman–Crippen MR) is 76.0 cm³/mol. The Balaban J connectivity index is 3.00. The molecular formula is C16H22O2. The van der Waals surface area contributed by atoms with Gasteiger partial charge >= 0.3 is 0 Å². The topological polar surface area (TPSA) is 18.5 Å². The van der Waals surface area contributed by atoms with E-state index in [1.54, 1.807) is 0 Å². The SMILES string of the molecule is C=CCc1cccc(CC=C)c1OC(C)OCC. The first-order chi connectivity index (χ1) is 8.72. The lowest BCUT2D eigenvalue weighted by Crippen LogP contribution is -2.17. The quantitative estimate of drug-likeness (QED) is 0.511. The first kappa shape index (κ1) is 14.5. The fourth-order valence-corrected chi connectivity index (χ4v) is 1.86. The molecule has 0 amide bonds. The van der Waals surface area contributed by atoms with E-state index in [1.807, 2.05) is 32.1 Å². The van der Waals surface area contributed by atoms with Crippen molar-refractivity contribution in [2.24, 2.45) is 0 Å². The minimum atomic E-state index is -0.246. The van der Waals surface area contributed by atoms with Crippen molar-refractivity contribution in [3.05, 3.63) is 54.6 Å².